The first-order valence-corrected chi connectivity index (χ1v) is 10.6. The van der Waals surface area contributed by atoms with Gasteiger partial charge in [-0.05, 0) is 73.4 Å². The van der Waals surface area contributed by atoms with E-state index in [-0.39, 0.29) is 0 Å². The summed E-state index contributed by atoms with van der Waals surface area (Å²) in [5.41, 5.74) is 8.87. The van der Waals surface area contributed by atoms with Gasteiger partial charge >= 0.3 is 0 Å². The van der Waals surface area contributed by atoms with Crippen LogP contribution in [0.1, 0.15) is 23.6 Å². The lowest BCUT2D eigenvalue weighted by molar-refractivity contribution is 0.915. The summed E-state index contributed by atoms with van der Waals surface area (Å²) in [5, 5.41) is 7.95. The van der Waals surface area contributed by atoms with Crippen molar-refractivity contribution in [2.45, 2.75) is 27.2 Å². The molecule has 2 aromatic heterocycles. The van der Waals surface area contributed by atoms with Gasteiger partial charge in [0.2, 0.25) is 0 Å². The van der Waals surface area contributed by atoms with Gasteiger partial charge in [0.1, 0.15) is 5.69 Å². The monoisotopic (exact) mass is 411 g/mol. The van der Waals surface area contributed by atoms with Crippen LogP contribution >= 0.6 is 11.6 Å². The number of rotatable bonds is 3. The molecule has 0 fully saturated rings. The number of aryl methyl sites for hydroxylation is 3. The smallest absolute Gasteiger partial charge is 0.102 e. The van der Waals surface area contributed by atoms with E-state index in [1.165, 1.54) is 16.7 Å². The van der Waals surface area contributed by atoms with Crippen molar-refractivity contribution < 1.29 is 0 Å². The van der Waals surface area contributed by atoms with Gasteiger partial charge < -0.3 is 0 Å². The molecule has 0 aliphatic carbocycles. The zero-order chi connectivity index (χ0) is 20.8. The summed E-state index contributed by atoms with van der Waals surface area (Å²) in [7, 11) is 0. The van der Waals surface area contributed by atoms with Gasteiger partial charge in [0.05, 0.1) is 16.7 Å². The summed E-state index contributed by atoms with van der Waals surface area (Å²) in [5.74, 6) is 0. The van der Waals surface area contributed by atoms with Crippen LogP contribution in [0.5, 0.6) is 0 Å². The van der Waals surface area contributed by atoms with Gasteiger partial charge in [-0.2, -0.15) is 5.10 Å². The minimum atomic E-state index is 0.716. The van der Waals surface area contributed by atoms with Crippen molar-refractivity contribution >= 4 is 33.4 Å². The van der Waals surface area contributed by atoms with E-state index in [4.69, 9.17) is 21.7 Å². The highest BCUT2D eigenvalue weighted by molar-refractivity contribution is 6.30. The average molecular weight is 412 g/mol. The SMILES string of the molecule is CCc1ccc2ncc3c(-c4ccc(Cl)cc4)nn(-c4ccc(C)c(C)c4)c3c2c1. The minimum Gasteiger partial charge on any atom is -0.255 e. The van der Waals surface area contributed by atoms with Gasteiger partial charge in [-0.3, -0.25) is 4.98 Å². The number of nitrogens with zero attached hydrogens (tertiary/aromatic N) is 3. The number of hydrogen-bond donors (Lipinski definition) is 0. The summed E-state index contributed by atoms with van der Waals surface area (Å²) >= 11 is 6.12. The second-order valence-electron chi connectivity index (χ2n) is 7.76. The average Bonchev–Trinajstić information content (AvgIpc) is 3.16. The topological polar surface area (TPSA) is 30.7 Å². The predicted molar refractivity (Wildman–Crippen MR) is 126 cm³/mol. The summed E-state index contributed by atoms with van der Waals surface area (Å²) in [6.07, 6.45) is 2.92. The Morgan fingerprint density at radius 2 is 1.67 bits per heavy atom. The molecule has 2 heterocycles. The molecule has 0 aliphatic rings. The zero-order valence-electron chi connectivity index (χ0n) is 17.3. The van der Waals surface area contributed by atoms with Crippen LogP contribution in [0.15, 0.2) is 66.9 Å². The summed E-state index contributed by atoms with van der Waals surface area (Å²) in [6, 6.07) is 20.8. The van der Waals surface area contributed by atoms with Crippen molar-refractivity contribution in [3.05, 3.63) is 88.6 Å². The number of pyridine rings is 1. The largest absolute Gasteiger partial charge is 0.255 e. The van der Waals surface area contributed by atoms with Crippen LogP contribution in [-0.4, -0.2) is 14.8 Å². The Kier molecular flexibility index (Phi) is 4.56. The fraction of sp³-hybridized carbons (Fsp3) is 0.154. The van der Waals surface area contributed by atoms with Gasteiger partial charge in [-0.25, -0.2) is 4.68 Å². The van der Waals surface area contributed by atoms with E-state index in [2.05, 4.69) is 61.9 Å². The lowest BCUT2D eigenvalue weighted by Gasteiger charge is -2.09. The molecule has 0 bridgehead atoms. The first-order valence-electron chi connectivity index (χ1n) is 10.2. The molecule has 0 amide bonds. The van der Waals surface area contributed by atoms with Crippen molar-refractivity contribution in [2.75, 3.05) is 0 Å². The second-order valence-corrected chi connectivity index (χ2v) is 8.20. The van der Waals surface area contributed by atoms with Crippen LogP contribution in [0.3, 0.4) is 0 Å². The molecule has 5 aromatic rings. The summed E-state index contributed by atoms with van der Waals surface area (Å²) in [4.78, 5) is 4.75. The van der Waals surface area contributed by atoms with Crippen molar-refractivity contribution in [2.24, 2.45) is 0 Å². The third-order valence-corrected chi connectivity index (χ3v) is 6.08. The fourth-order valence-corrected chi connectivity index (χ4v) is 4.04. The summed E-state index contributed by atoms with van der Waals surface area (Å²) < 4.78 is 2.06. The maximum Gasteiger partial charge on any atom is 0.102 e. The quantitative estimate of drug-likeness (QED) is 0.317. The molecule has 30 heavy (non-hydrogen) atoms. The highest BCUT2D eigenvalue weighted by Gasteiger charge is 2.17. The molecule has 0 spiro atoms. The first-order chi connectivity index (χ1) is 14.5. The van der Waals surface area contributed by atoms with E-state index >= 15 is 0 Å². The lowest BCUT2D eigenvalue weighted by Crippen LogP contribution is -1.99. The van der Waals surface area contributed by atoms with E-state index in [0.717, 1.165) is 45.2 Å². The van der Waals surface area contributed by atoms with Gasteiger partial charge in [0.15, 0.2) is 0 Å². The minimum absolute atomic E-state index is 0.716. The molecule has 0 radical (unpaired) electrons. The van der Waals surface area contributed by atoms with Crippen LogP contribution in [0, 0.1) is 13.8 Å². The molecular formula is C26H22ClN3. The number of benzene rings is 3. The zero-order valence-corrected chi connectivity index (χ0v) is 18.0. The molecule has 0 saturated carbocycles. The highest BCUT2D eigenvalue weighted by atomic mass is 35.5. The van der Waals surface area contributed by atoms with Gasteiger partial charge in [0, 0.05) is 27.6 Å². The Bertz CT molecular complexity index is 1400. The number of aromatic nitrogens is 3. The van der Waals surface area contributed by atoms with Crippen molar-refractivity contribution in [3.63, 3.8) is 0 Å². The standard InChI is InChI=1S/C26H22ClN3/c1-4-18-6-12-24-22(14-18)26-23(15-28-24)25(19-7-9-20(27)10-8-19)29-30(26)21-11-5-16(2)17(3)13-21/h5-15H,4H2,1-3H3. The Morgan fingerprint density at radius 3 is 2.40 bits per heavy atom. The Balaban J connectivity index is 1.89. The maximum absolute atomic E-state index is 6.12. The first kappa shape index (κ1) is 18.8. The Labute approximate surface area is 180 Å². The van der Waals surface area contributed by atoms with Crippen LogP contribution in [0.25, 0.3) is 38.8 Å². The molecule has 0 atom stereocenters. The predicted octanol–water partition coefficient (Wildman–Crippen LogP) is 7.07. The van der Waals surface area contributed by atoms with Gasteiger partial charge in [-0.15, -0.1) is 0 Å². The second kappa shape index (κ2) is 7.26. The molecule has 0 aliphatic heterocycles. The molecule has 3 nitrogen and oxygen atoms in total. The van der Waals surface area contributed by atoms with Crippen LogP contribution < -0.4 is 0 Å². The van der Waals surface area contributed by atoms with E-state index in [1.807, 2.05) is 30.5 Å². The van der Waals surface area contributed by atoms with E-state index in [0.29, 0.717) is 5.02 Å². The van der Waals surface area contributed by atoms with Crippen LogP contribution in [0.2, 0.25) is 5.02 Å². The Hall–Kier alpha value is -3.17. The number of hydrogen-bond acceptors (Lipinski definition) is 2. The number of halogens is 1. The highest BCUT2D eigenvalue weighted by Crippen LogP contribution is 2.34. The molecule has 0 unspecified atom stereocenters. The van der Waals surface area contributed by atoms with Crippen LogP contribution in [0.4, 0.5) is 0 Å². The van der Waals surface area contributed by atoms with E-state index in [1.54, 1.807) is 0 Å². The molecule has 5 rings (SSSR count). The fourth-order valence-electron chi connectivity index (χ4n) is 3.92. The van der Waals surface area contributed by atoms with Gasteiger partial charge in [0.25, 0.3) is 0 Å². The molecule has 0 N–H and O–H groups in total. The Morgan fingerprint density at radius 1 is 0.867 bits per heavy atom. The normalized spacial score (nSPS) is 11.5. The van der Waals surface area contributed by atoms with Crippen molar-refractivity contribution in [1.29, 1.82) is 0 Å². The lowest BCUT2D eigenvalue weighted by atomic mass is 10.0. The third-order valence-electron chi connectivity index (χ3n) is 5.83. The third kappa shape index (κ3) is 3.06. The molecule has 4 heteroatoms. The van der Waals surface area contributed by atoms with Crippen molar-refractivity contribution in [3.8, 4) is 16.9 Å². The molecular weight excluding hydrogens is 390 g/mol. The summed E-state index contributed by atoms with van der Waals surface area (Å²) in [6.45, 7) is 6.44. The van der Waals surface area contributed by atoms with Crippen LogP contribution in [-0.2, 0) is 6.42 Å². The molecule has 0 saturated heterocycles. The molecule has 148 valence electrons. The van der Waals surface area contributed by atoms with Crippen molar-refractivity contribution in [1.82, 2.24) is 14.8 Å². The maximum atomic E-state index is 6.12. The molecule has 3 aromatic carbocycles. The number of fused-ring (bicyclic) bond motifs is 3. The van der Waals surface area contributed by atoms with E-state index in [9.17, 15) is 0 Å². The van der Waals surface area contributed by atoms with Gasteiger partial charge in [-0.1, -0.05) is 42.8 Å². The van der Waals surface area contributed by atoms with E-state index < -0.39 is 0 Å².